The van der Waals surface area contributed by atoms with Gasteiger partial charge in [0, 0.05) is 0 Å². The quantitative estimate of drug-likeness (QED) is 0.422. The number of aliphatic hydroxyl groups excluding tert-OH is 3. The van der Waals surface area contributed by atoms with E-state index in [1.807, 2.05) is 0 Å². The van der Waals surface area contributed by atoms with Gasteiger partial charge in [-0.3, -0.25) is 0 Å². The molecule has 4 heteroatoms. The van der Waals surface area contributed by atoms with E-state index in [0.717, 1.165) is 0 Å². The van der Waals surface area contributed by atoms with E-state index in [0.29, 0.717) is 0 Å². The molecule has 0 amide bonds. The molecule has 1 rings (SSSR count). The fraction of sp³-hybridized carbons (Fsp3) is 1.00. The van der Waals surface area contributed by atoms with Crippen LogP contribution in [0.15, 0.2) is 0 Å². The van der Waals surface area contributed by atoms with Crippen molar-refractivity contribution in [3.05, 3.63) is 0 Å². The molecule has 1 aliphatic heterocycles. The van der Waals surface area contributed by atoms with Gasteiger partial charge < -0.3 is 20.1 Å². The molecule has 5 atom stereocenters. The molecule has 0 spiro atoms. The Balaban J connectivity index is 2.63. The van der Waals surface area contributed by atoms with Crippen molar-refractivity contribution in [1.29, 1.82) is 0 Å². The zero-order valence-electron chi connectivity index (χ0n) is 6.64. The molecular formula is C7H14O4. The van der Waals surface area contributed by atoms with Crippen LogP contribution in [0.1, 0.15) is 13.8 Å². The molecule has 0 saturated carbocycles. The highest BCUT2D eigenvalue weighted by atomic mass is 16.5. The van der Waals surface area contributed by atoms with E-state index in [4.69, 9.17) is 4.74 Å². The van der Waals surface area contributed by atoms with Gasteiger partial charge in [-0.25, -0.2) is 0 Å². The Bertz CT molecular complexity index is 124. The molecule has 0 aromatic carbocycles. The van der Waals surface area contributed by atoms with Gasteiger partial charge in [0.15, 0.2) is 0 Å². The molecule has 1 saturated heterocycles. The molecule has 0 radical (unpaired) electrons. The Morgan fingerprint density at radius 2 is 1.18 bits per heavy atom. The van der Waals surface area contributed by atoms with Crippen molar-refractivity contribution < 1.29 is 20.1 Å². The van der Waals surface area contributed by atoms with Crippen molar-refractivity contribution in [2.75, 3.05) is 0 Å². The van der Waals surface area contributed by atoms with Crippen molar-refractivity contribution in [3.63, 3.8) is 0 Å². The van der Waals surface area contributed by atoms with Gasteiger partial charge in [0.1, 0.15) is 18.3 Å². The summed E-state index contributed by atoms with van der Waals surface area (Å²) in [6.07, 6.45) is -3.89. The molecule has 0 aromatic rings. The molecule has 0 aromatic heterocycles. The number of hydrogen-bond donors (Lipinski definition) is 3. The highest BCUT2D eigenvalue weighted by molar-refractivity contribution is 4.88. The lowest BCUT2D eigenvalue weighted by Gasteiger charge is -2.37. The first-order valence-electron chi connectivity index (χ1n) is 3.73. The van der Waals surface area contributed by atoms with Crippen LogP contribution < -0.4 is 0 Å². The standard InChI is InChI=1S/C7H14O4/c1-3-5(8)7(10)6(9)4(2)11-3/h3-10H,1-2H3/t3-,4?,5?,6-,7-/m1/s1. The third kappa shape index (κ3) is 1.54. The second-order valence-corrected chi connectivity index (χ2v) is 3.02. The number of ether oxygens (including phenoxy) is 1. The van der Waals surface area contributed by atoms with Crippen molar-refractivity contribution >= 4 is 0 Å². The smallest absolute Gasteiger partial charge is 0.111 e. The van der Waals surface area contributed by atoms with E-state index in [2.05, 4.69) is 0 Å². The second kappa shape index (κ2) is 3.06. The summed E-state index contributed by atoms with van der Waals surface area (Å²) >= 11 is 0. The van der Waals surface area contributed by atoms with Crippen molar-refractivity contribution in [1.82, 2.24) is 0 Å². The zero-order valence-corrected chi connectivity index (χ0v) is 6.64. The average molecular weight is 162 g/mol. The molecule has 0 aliphatic carbocycles. The van der Waals surface area contributed by atoms with Crippen molar-refractivity contribution in [3.8, 4) is 0 Å². The summed E-state index contributed by atoms with van der Waals surface area (Å²) in [5.74, 6) is 0. The summed E-state index contributed by atoms with van der Waals surface area (Å²) in [5.41, 5.74) is 0. The van der Waals surface area contributed by atoms with E-state index in [-0.39, 0.29) is 0 Å². The summed E-state index contributed by atoms with van der Waals surface area (Å²) in [5, 5.41) is 27.6. The summed E-state index contributed by atoms with van der Waals surface area (Å²) in [7, 11) is 0. The highest BCUT2D eigenvalue weighted by Gasteiger charge is 2.39. The first-order chi connectivity index (χ1) is 5.04. The van der Waals surface area contributed by atoms with Crippen LogP contribution in [-0.4, -0.2) is 45.8 Å². The van der Waals surface area contributed by atoms with E-state index >= 15 is 0 Å². The lowest BCUT2D eigenvalue weighted by Crippen LogP contribution is -2.55. The fourth-order valence-electron chi connectivity index (χ4n) is 1.26. The predicted octanol–water partition coefficient (Wildman–Crippen LogP) is -1.12. The zero-order chi connectivity index (χ0) is 8.59. The largest absolute Gasteiger partial charge is 0.388 e. The van der Waals surface area contributed by atoms with E-state index in [1.165, 1.54) is 0 Å². The topological polar surface area (TPSA) is 69.9 Å². The van der Waals surface area contributed by atoms with Gasteiger partial charge in [-0.15, -0.1) is 0 Å². The van der Waals surface area contributed by atoms with Crippen molar-refractivity contribution in [2.45, 2.75) is 44.4 Å². The monoisotopic (exact) mass is 162 g/mol. The highest BCUT2D eigenvalue weighted by Crippen LogP contribution is 2.19. The Kier molecular flexibility index (Phi) is 2.49. The Hall–Kier alpha value is -0.160. The molecule has 1 fully saturated rings. The van der Waals surface area contributed by atoms with Gasteiger partial charge in [0.25, 0.3) is 0 Å². The van der Waals surface area contributed by atoms with E-state index in [1.54, 1.807) is 13.8 Å². The first kappa shape index (κ1) is 8.93. The predicted molar refractivity (Wildman–Crippen MR) is 38.0 cm³/mol. The maximum atomic E-state index is 9.21. The first-order valence-corrected chi connectivity index (χ1v) is 3.73. The SMILES string of the molecule is CC1O[C@H](C)C(O)[C@@H](O)[C@@H]1O. The number of rotatable bonds is 0. The van der Waals surface area contributed by atoms with Crippen LogP contribution >= 0.6 is 0 Å². The van der Waals surface area contributed by atoms with Gasteiger partial charge in [0.05, 0.1) is 12.2 Å². The lowest BCUT2D eigenvalue weighted by atomic mass is 9.97. The van der Waals surface area contributed by atoms with Crippen LogP contribution in [-0.2, 0) is 4.74 Å². The molecule has 1 heterocycles. The molecular weight excluding hydrogens is 148 g/mol. The van der Waals surface area contributed by atoms with Crippen LogP contribution in [0.5, 0.6) is 0 Å². The van der Waals surface area contributed by atoms with E-state index in [9.17, 15) is 15.3 Å². The van der Waals surface area contributed by atoms with Crippen LogP contribution in [0.25, 0.3) is 0 Å². The molecule has 2 unspecified atom stereocenters. The Morgan fingerprint density at radius 3 is 1.55 bits per heavy atom. The fourth-order valence-corrected chi connectivity index (χ4v) is 1.26. The average Bonchev–Trinajstić information content (AvgIpc) is 1.97. The minimum absolute atomic E-state index is 0.414. The maximum absolute atomic E-state index is 9.21. The summed E-state index contributed by atoms with van der Waals surface area (Å²) in [6, 6.07) is 0. The van der Waals surface area contributed by atoms with Crippen LogP contribution in [0.3, 0.4) is 0 Å². The summed E-state index contributed by atoms with van der Waals surface area (Å²) in [6.45, 7) is 3.33. The third-order valence-corrected chi connectivity index (χ3v) is 2.09. The van der Waals surface area contributed by atoms with Crippen LogP contribution in [0, 0.1) is 0 Å². The summed E-state index contributed by atoms with van der Waals surface area (Å²) in [4.78, 5) is 0. The molecule has 66 valence electrons. The normalized spacial score (nSPS) is 52.6. The van der Waals surface area contributed by atoms with Gasteiger partial charge in [-0.2, -0.15) is 0 Å². The third-order valence-electron chi connectivity index (χ3n) is 2.09. The van der Waals surface area contributed by atoms with Crippen LogP contribution in [0.2, 0.25) is 0 Å². The number of hydrogen-bond acceptors (Lipinski definition) is 4. The van der Waals surface area contributed by atoms with Gasteiger partial charge >= 0.3 is 0 Å². The summed E-state index contributed by atoms with van der Waals surface area (Å²) < 4.78 is 5.12. The lowest BCUT2D eigenvalue weighted by molar-refractivity contribution is -0.211. The minimum Gasteiger partial charge on any atom is -0.388 e. The van der Waals surface area contributed by atoms with Gasteiger partial charge in [-0.1, -0.05) is 0 Å². The molecule has 0 bridgehead atoms. The molecule has 4 nitrogen and oxygen atoms in total. The van der Waals surface area contributed by atoms with E-state index < -0.39 is 30.5 Å². The molecule has 11 heavy (non-hydrogen) atoms. The number of aliphatic hydroxyl groups is 3. The molecule has 3 N–H and O–H groups in total. The van der Waals surface area contributed by atoms with Gasteiger partial charge in [-0.05, 0) is 13.8 Å². The Labute approximate surface area is 65.4 Å². The van der Waals surface area contributed by atoms with Crippen molar-refractivity contribution in [2.24, 2.45) is 0 Å². The second-order valence-electron chi connectivity index (χ2n) is 3.02. The van der Waals surface area contributed by atoms with Gasteiger partial charge in [0.2, 0.25) is 0 Å². The minimum atomic E-state index is -1.09. The van der Waals surface area contributed by atoms with Crippen LogP contribution in [0.4, 0.5) is 0 Å². The maximum Gasteiger partial charge on any atom is 0.111 e. The Morgan fingerprint density at radius 1 is 0.818 bits per heavy atom. The molecule has 1 aliphatic rings.